The maximum absolute atomic E-state index is 10.6. The van der Waals surface area contributed by atoms with Crippen LogP contribution in [0.3, 0.4) is 0 Å². The van der Waals surface area contributed by atoms with Gasteiger partial charge in [0.15, 0.2) is 0 Å². The molecule has 1 aromatic carbocycles. The van der Waals surface area contributed by atoms with E-state index in [0.29, 0.717) is 0 Å². The average Bonchev–Trinajstić information content (AvgIpc) is 2.05. The second kappa shape index (κ2) is 4.16. The number of rotatable bonds is 2. The molecule has 12 heavy (non-hydrogen) atoms. The molecule has 1 radical (unpaired) electrons. The summed E-state index contributed by atoms with van der Waals surface area (Å²) >= 11 is 5.05. The highest BCUT2D eigenvalue weighted by molar-refractivity contribution is 7.80. The highest BCUT2D eigenvalue weighted by Gasteiger charge is 2.05. The zero-order valence-corrected chi connectivity index (χ0v) is 7.60. The first-order valence-electron chi connectivity index (χ1n) is 3.68. The van der Waals surface area contributed by atoms with Crippen LogP contribution in [0.4, 0.5) is 0 Å². The molecule has 0 fully saturated rings. The quantitative estimate of drug-likeness (QED) is 0.741. The summed E-state index contributed by atoms with van der Waals surface area (Å²) in [5.74, 6) is -0.0983. The van der Waals surface area contributed by atoms with Gasteiger partial charge in [0.05, 0.1) is 0 Å². The molecule has 1 atom stereocenters. The van der Waals surface area contributed by atoms with E-state index in [4.69, 9.17) is 12.6 Å². The summed E-state index contributed by atoms with van der Waals surface area (Å²) in [6.45, 7) is 1.46. The van der Waals surface area contributed by atoms with Crippen molar-refractivity contribution < 1.29 is 4.79 Å². The highest BCUT2D eigenvalue weighted by Crippen LogP contribution is 2.15. The summed E-state index contributed by atoms with van der Waals surface area (Å²) in [6.07, 6.45) is 0. The fourth-order valence-electron chi connectivity index (χ4n) is 0.896. The van der Waals surface area contributed by atoms with Crippen LogP contribution in [0.2, 0.25) is 0 Å². The van der Waals surface area contributed by atoms with Crippen molar-refractivity contribution in [2.45, 2.75) is 12.3 Å². The van der Waals surface area contributed by atoms with Gasteiger partial charge in [0.2, 0.25) is 5.91 Å². The first-order chi connectivity index (χ1) is 5.70. The maximum atomic E-state index is 10.6. The van der Waals surface area contributed by atoms with Crippen LogP contribution in [0.1, 0.15) is 17.9 Å². The number of hydrogen-bond acceptors (Lipinski definition) is 1. The maximum Gasteiger partial charge on any atom is 0.218 e. The molecule has 0 bridgehead atoms. The number of carbonyl (C=O) groups excluding carboxylic acids is 1. The molecule has 1 amide bonds. The summed E-state index contributed by atoms with van der Waals surface area (Å²) in [5, 5.41) is 2.32. The van der Waals surface area contributed by atoms with E-state index in [0.717, 1.165) is 5.56 Å². The van der Waals surface area contributed by atoms with Crippen molar-refractivity contribution in [3.05, 3.63) is 35.9 Å². The van der Waals surface area contributed by atoms with E-state index in [9.17, 15) is 4.79 Å². The number of carbonyl (C=O) groups is 1. The van der Waals surface area contributed by atoms with Crippen LogP contribution in [0.15, 0.2) is 30.3 Å². The third-order valence-corrected chi connectivity index (χ3v) is 1.83. The van der Waals surface area contributed by atoms with Gasteiger partial charge in [-0.1, -0.05) is 43.0 Å². The Kier molecular flexibility index (Phi) is 3.17. The summed E-state index contributed by atoms with van der Waals surface area (Å²) < 4.78 is 0. The average molecular weight is 180 g/mol. The summed E-state index contributed by atoms with van der Waals surface area (Å²) in [5.41, 5.74) is 0.947. The molecule has 1 aromatic rings. The molecule has 2 nitrogen and oxygen atoms in total. The predicted octanol–water partition coefficient (Wildman–Crippen LogP) is 2.02. The van der Waals surface area contributed by atoms with Crippen molar-refractivity contribution in [3.63, 3.8) is 0 Å². The first-order valence-corrected chi connectivity index (χ1v) is 4.15. The van der Waals surface area contributed by atoms with Crippen molar-refractivity contribution in [1.82, 2.24) is 5.32 Å². The van der Waals surface area contributed by atoms with Crippen molar-refractivity contribution in [2.24, 2.45) is 0 Å². The minimum Gasteiger partial charge on any atom is -0.340 e. The van der Waals surface area contributed by atoms with Crippen LogP contribution in [0.25, 0.3) is 0 Å². The molecule has 0 aliphatic carbocycles. The second-order valence-corrected chi connectivity index (χ2v) is 2.96. The molecule has 63 valence electrons. The van der Waals surface area contributed by atoms with Gasteiger partial charge >= 0.3 is 0 Å². The number of nitrogens with one attached hydrogen (secondary N) is 1. The van der Waals surface area contributed by atoms with E-state index in [1.54, 1.807) is 0 Å². The molecular formula is C9H10NOS. The van der Waals surface area contributed by atoms with Crippen LogP contribution >= 0.6 is 12.6 Å². The van der Waals surface area contributed by atoms with Crippen LogP contribution in [-0.4, -0.2) is 5.91 Å². The smallest absolute Gasteiger partial charge is 0.218 e. The van der Waals surface area contributed by atoms with Gasteiger partial charge in [-0.25, -0.2) is 0 Å². The molecule has 0 saturated heterocycles. The molecule has 0 spiro atoms. The Hall–Kier alpha value is -0.960. The van der Waals surface area contributed by atoms with Gasteiger partial charge in [-0.15, -0.1) is 0 Å². The lowest BCUT2D eigenvalue weighted by Gasteiger charge is -2.09. The van der Waals surface area contributed by atoms with Crippen LogP contribution < -0.4 is 5.32 Å². The number of benzene rings is 1. The highest BCUT2D eigenvalue weighted by atomic mass is 32.1. The molecule has 0 heterocycles. The van der Waals surface area contributed by atoms with Gasteiger partial charge in [-0.3, -0.25) is 4.79 Å². The molecular weight excluding hydrogens is 170 g/mol. The van der Waals surface area contributed by atoms with Gasteiger partial charge in [0.25, 0.3) is 0 Å². The van der Waals surface area contributed by atoms with E-state index < -0.39 is 0 Å². The molecule has 0 saturated carbocycles. The zero-order chi connectivity index (χ0) is 8.97. The molecule has 3 heteroatoms. The number of amides is 1. The van der Waals surface area contributed by atoms with Gasteiger partial charge in [-0.2, -0.15) is 0 Å². The minimum absolute atomic E-state index is 0.0983. The SMILES string of the molecule is CC(=O)NC([S])c1ccccc1. The normalized spacial score (nSPS) is 12.2. The Morgan fingerprint density at radius 3 is 2.50 bits per heavy atom. The Bertz CT molecular complexity index is 260. The van der Waals surface area contributed by atoms with Crippen LogP contribution in [-0.2, 0) is 4.79 Å². The third kappa shape index (κ3) is 2.58. The van der Waals surface area contributed by atoms with Crippen molar-refractivity contribution in [1.29, 1.82) is 0 Å². The van der Waals surface area contributed by atoms with Crippen molar-refractivity contribution in [2.75, 3.05) is 0 Å². The molecule has 1 rings (SSSR count). The van der Waals surface area contributed by atoms with Crippen LogP contribution in [0, 0.1) is 0 Å². The Labute approximate surface area is 77.4 Å². The van der Waals surface area contributed by atoms with Gasteiger partial charge in [0, 0.05) is 6.92 Å². The first kappa shape index (κ1) is 9.13. The third-order valence-electron chi connectivity index (χ3n) is 1.44. The monoisotopic (exact) mass is 180 g/mol. The Morgan fingerprint density at radius 2 is 2.00 bits per heavy atom. The zero-order valence-electron chi connectivity index (χ0n) is 6.78. The standard InChI is InChI=1S/C9H10NOS/c1-7(11)10-9(12)8-5-3-2-4-6-8/h2-6,9H,1H3,(H,10,11). The van der Waals surface area contributed by atoms with E-state index in [2.05, 4.69) is 5.32 Å². The summed E-state index contributed by atoms with van der Waals surface area (Å²) in [6, 6.07) is 9.51. The van der Waals surface area contributed by atoms with Gasteiger partial charge in [0.1, 0.15) is 5.37 Å². The molecule has 0 aliphatic rings. The van der Waals surface area contributed by atoms with E-state index in [1.165, 1.54) is 6.92 Å². The summed E-state index contributed by atoms with van der Waals surface area (Å²) in [7, 11) is 0. The largest absolute Gasteiger partial charge is 0.340 e. The van der Waals surface area contributed by atoms with E-state index >= 15 is 0 Å². The molecule has 0 aliphatic heterocycles. The predicted molar refractivity (Wildman–Crippen MR) is 50.6 cm³/mol. The lowest BCUT2D eigenvalue weighted by Crippen LogP contribution is -2.21. The van der Waals surface area contributed by atoms with Crippen molar-refractivity contribution in [3.8, 4) is 0 Å². The van der Waals surface area contributed by atoms with Gasteiger partial charge < -0.3 is 5.32 Å². The topological polar surface area (TPSA) is 29.1 Å². The van der Waals surface area contributed by atoms with Gasteiger partial charge in [-0.05, 0) is 5.56 Å². The van der Waals surface area contributed by atoms with Crippen molar-refractivity contribution >= 4 is 18.5 Å². The molecule has 0 aromatic heterocycles. The minimum atomic E-state index is -0.316. The lowest BCUT2D eigenvalue weighted by atomic mass is 10.2. The number of hydrogen-bond donors (Lipinski definition) is 1. The lowest BCUT2D eigenvalue weighted by molar-refractivity contribution is -0.119. The fourth-order valence-corrected chi connectivity index (χ4v) is 1.22. The van der Waals surface area contributed by atoms with E-state index in [-0.39, 0.29) is 11.3 Å². The van der Waals surface area contributed by atoms with E-state index in [1.807, 2.05) is 30.3 Å². The fraction of sp³-hybridized carbons (Fsp3) is 0.222. The van der Waals surface area contributed by atoms with Crippen LogP contribution in [0.5, 0.6) is 0 Å². The second-order valence-electron chi connectivity index (χ2n) is 2.49. The Morgan fingerprint density at radius 1 is 1.42 bits per heavy atom. The molecule has 1 N–H and O–H groups in total. The summed E-state index contributed by atoms with van der Waals surface area (Å²) in [4.78, 5) is 10.6. The Balaban J connectivity index is 2.65. The molecule has 1 unspecified atom stereocenters.